The number of amides is 1. The van der Waals surface area contributed by atoms with Gasteiger partial charge in [0.25, 0.3) is 0 Å². The summed E-state index contributed by atoms with van der Waals surface area (Å²) in [5.74, 6) is -0.122. The average molecular weight is 190 g/mol. The molecule has 13 heavy (non-hydrogen) atoms. The van der Waals surface area contributed by atoms with Gasteiger partial charge in [-0.05, 0) is 6.42 Å². The van der Waals surface area contributed by atoms with Gasteiger partial charge in [-0.2, -0.15) is 0 Å². The standard InChI is InChI=1S/C8H18N2O3/c1-12-5-2-6-13-7-8(11)10-4-3-9/h2-7,9H2,1H3,(H,10,11). The number of nitrogens with one attached hydrogen (secondary N) is 1. The van der Waals surface area contributed by atoms with Crippen LogP contribution in [-0.2, 0) is 14.3 Å². The molecule has 5 heteroatoms. The van der Waals surface area contributed by atoms with Gasteiger partial charge in [-0.1, -0.05) is 0 Å². The van der Waals surface area contributed by atoms with E-state index in [2.05, 4.69) is 5.32 Å². The van der Waals surface area contributed by atoms with Crippen LogP contribution in [0.2, 0.25) is 0 Å². The van der Waals surface area contributed by atoms with Crippen LogP contribution in [0.5, 0.6) is 0 Å². The maximum absolute atomic E-state index is 10.9. The van der Waals surface area contributed by atoms with Crippen LogP contribution in [-0.4, -0.2) is 45.9 Å². The summed E-state index contributed by atoms with van der Waals surface area (Å²) in [4.78, 5) is 10.9. The zero-order valence-electron chi connectivity index (χ0n) is 8.04. The molecule has 5 nitrogen and oxygen atoms in total. The SMILES string of the molecule is COCCCOCC(=O)NCCN. The molecule has 0 aromatic carbocycles. The molecule has 0 aromatic rings. The van der Waals surface area contributed by atoms with Gasteiger partial charge in [0.1, 0.15) is 6.61 Å². The Balaban J connectivity index is 3.08. The monoisotopic (exact) mass is 190 g/mol. The maximum atomic E-state index is 10.9. The number of nitrogens with two attached hydrogens (primary N) is 1. The predicted octanol–water partition coefficient (Wildman–Crippen LogP) is -0.886. The van der Waals surface area contributed by atoms with E-state index in [4.69, 9.17) is 15.2 Å². The summed E-state index contributed by atoms with van der Waals surface area (Å²) in [6.07, 6.45) is 0.806. The molecule has 1 amide bonds. The van der Waals surface area contributed by atoms with Crippen molar-refractivity contribution in [3.05, 3.63) is 0 Å². The number of carbonyl (C=O) groups is 1. The average Bonchev–Trinajstić information content (AvgIpc) is 2.14. The maximum Gasteiger partial charge on any atom is 0.246 e. The molecule has 78 valence electrons. The number of hydrogen-bond acceptors (Lipinski definition) is 4. The summed E-state index contributed by atoms with van der Waals surface area (Å²) in [5, 5.41) is 2.60. The fourth-order valence-electron chi connectivity index (χ4n) is 0.733. The van der Waals surface area contributed by atoms with Gasteiger partial charge < -0.3 is 20.5 Å². The third-order valence-corrected chi connectivity index (χ3v) is 1.34. The molecule has 0 radical (unpaired) electrons. The van der Waals surface area contributed by atoms with Gasteiger partial charge in [0.2, 0.25) is 5.91 Å². The molecule has 0 spiro atoms. The molecule has 0 rings (SSSR count). The lowest BCUT2D eigenvalue weighted by Crippen LogP contribution is -2.32. The first kappa shape index (κ1) is 12.3. The zero-order chi connectivity index (χ0) is 9.94. The number of hydrogen-bond donors (Lipinski definition) is 2. The summed E-state index contributed by atoms with van der Waals surface area (Å²) < 4.78 is 9.88. The molecular weight excluding hydrogens is 172 g/mol. The molecule has 0 saturated carbocycles. The Morgan fingerprint density at radius 3 is 2.85 bits per heavy atom. The van der Waals surface area contributed by atoms with Crippen molar-refractivity contribution in [1.82, 2.24) is 5.32 Å². The van der Waals surface area contributed by atoms with Crippen LogP contribution in [0.4, 0.5) is 0 Å². The largest absolute Gasteiger partial charge is 0.385 e. The van der Waals surface area contributed by atoms with Crippen molar-refractivity contribution in [3.63, 3.8) is 0 Å². The fourth-order valence-corrected chi connectivity index (χ4v) is 0.733. The van der Waals surface area contributed by atoms with E-state index in [1.165, 1.54) is 0 Å². The van der Waals surface area contributed by atoms with Gasteiger partial charge >= 0.3 is 0 Å². The van der Waals surface area contributed by atoms with Crippen LogP contribution in [0.25, 0.3) is 0 Å². The highest BCUT2D eigenvalue weighted by Gasteiger charge is 1.98. The van der Waals surface area contributed by atoms with Crippen molar-refractivity contribution in [3.8, 4) is 0 Å². The van der Waals surface area contributed by atoms with E-state index < -0.39 is 0 Å². The Kier molecular flexibility index (Phi) is 8.97. The van der Waals surface area contributed by atoms with Crippen molar-refractivity contribution < 1.29 is 14.3 Å². The first-order valence-corrected chi connectivity index (χ1v) is 4.34. The Bertz CT molecular complexity index is 131. The van der Waals surface area contributed by atoms with Gasteiger partial charge in [-0.3, -0.25) is 4.79 Å². The van der Waals surface area contributed by atoms with Crippen LogP contribution in [0.1, 0.15) is 6.42 Å². The lowest BCUT2D eigenvalue weighted by molar-refractivity contribution is -0.125. The van der Waals surface area contributed by atoms with Crippen LogP contribution >= 0.6 is 0 Å². The number of carbonyl (C=O) groups excluding carboxylic acids is 1. The van der Waals surface area contributed by atoms with Gasteiger partial charge in [0.15, 0.2) is 0 Å². The molecule has 0 aromatic heterocycles. The highest BCUT2D eigenvalue weighted by atomic mass is 16.5. The van der Waals surface area contributed by atoms with Crippen molar-refractivity contribution in [2.75, 3.05) is 40.0 Å². The quantitative estimate of drug-likeness (QED) is 0.487. The van der Waals surface area contributed by atoms with Crippen LogP contribution in [0.3, 0.4) is 0 Å². The summed E-state index contributed by atoms with van der Waals surface area (Å²) >= 11 is 0. The summed E-state index contributed by atoms with van der Waals surface area (Å²) in [6.45, 7) is 2.26. The van der Waals surface area contributed by atoms with E-state index in [0.29, 0.717) is 26.3 Å². The van der Waals surface area contributed by atoms with Crippen LogP contribution in [0.15, 0.2) is 0 Å². The molecular formula is C8H18N2O3. The third-order valence-electron chi connectivity index (χ3n) is 1.34. The fraction of sp³-hybridized carbons (Fsp3) is 0.875. The van der Waals surface area contributed by atoms with E-state index in [0.717, 1.165) is 6.42 Å². The van der Waals surface area contributed by atoms with E-state index in [1.807, 2.05) is 0 Å². The minimum absolute atomic E-state index is 0.101. The Labute approximate surface area is 78.6 Å². The second-order valence-electron chi connectivity index (χ2n) is 2.54. The molecule has 0 aliphatic heterocycles. The zero-order valence-corrected chi connectivity index (χ0v) is 8.04. The predicted molar refractivity (Wildman–Crippen MR) is 49.4 cm³/mol. The van der Waals surface area contributed by atoms with Gasteiger partial charge in [0, 0.05) is 33.4 Å². The molecule has 0 atom stereocenters. The Hall–Kier alpha value is -0.650. The molecule has 0 aliphatic carbocycles. The van der Waals surface area contributed by atoms with Crippen molar-refractivity contribution in [2.45, 2.75) is 6.42 Å². The van der Waals surface area contributed by atoms with Crippen molar-refractivity contribution >= 4 is 5.91 Å². The molecule has 0 aliphatic rings. The smallest absolute Gasteiger partial charge is 0.246 e. The van der Waals surface area contributed by atoms with E-state index in [-0.39, 0.29) is 12.5 Å². The summed E-state index contributed by atoms with van der Waals surface area (Å²) in [6, 6.07) is 0. The molecule has 0 unspecified atom stereocenters. The summed E-state index contributed by atoms with van der Waals surface area (Å²) in [7, 11) is 1.63. The van der Waals surface area contributed by atoms with Gasteiger partial charge in [-0.15, -0.1) is 0 Å². The first-order chi connectivity index (χ1) is 6.31. The van der Waals surface area contributed by atoms with E-state index in [1.54, 1.807) is 7.11 Å². The number of methoxy groups -OCH3 is 1. The topological polar surface area (TPSA) is 73.6 Å². The molecule has 0 bridgehead atoms. The minimum atomic E-state index is -0.122. The number of rotatable bonds is 8. The second-order valence-corrected chi connectivity index (χ2v) is 2.54. The van der Waals surface area contributed by atoms with Crippen LogP contribution < -0.4 is 11.1 Å². The highest BCUT2D eigenvalue weighted by molar-refractivity contribution is 5.77. The Morgan fingerprint density at radius 1 is 1.46 bits per heavy atom. The van der Waals surface area contributed by atoms with Gasteiger partial charge in [0.05, 0.1) is 0 Å². The first-order valence-electron chi connectivity index (χ1n) is 4.34. The van der Waals surface area contributed by atoms with Crippen molar-refractivity contribution in [1.29, 1.82) is 0 Å². The second kappa shape index (κ2) is 9.44. The normalized spacial score (nSPS) is 10.0. The van der Waals surface area contributed by atoms with Gasteiger partial charge in [-0.25, -0.2) is 0 Å². The van der Waals surface area contributed by atoms with E-state index >= 15 is 0 Å². The molecule has 0 heterocycles. The summed E-state index contributed by atoms with van der Waals surface area (Å²) in [5.41, 5.74) is 5.20. The van der Waals surface area contributed by atoms with Crippen molar-refractivity contribution in [2.24, 2.45) is 5.73 Å². The number of ether oxygens (including phenoxy) is 2. The molecule has 3 N–H and O–H groups in total. The lowest BCUT2D eigenvalue weighted by Gasteiger charge is -2.04. The third kappa shape index (κ3) is 9.26. The lowest BCUT2D eigenvalue weighted by atomic mass is 10.5. The van der Waals surface area contributed by atoms with E-state index in [9.17, 15) is 4.79 Å². The minimum Gasteiger partial charge on any atom is -0.385 e. The highest BCUT2D eigenvalue weighted by Crippen LogP contribution is 1.82. The van der Waals surface area contributed by atoms with Crippen LogP contribution in [0, 0.1) is 0 Å². The molecule has 0 fully saturated rings. The Morgan fingerprint density at radius 2 is 2.23 bits per heavy atom. The molecule has 0 saturated heterocycles.